The number of nitrogens with zero attached hydrogens (tertiary/aromatic N) is 3. The molecule has 1 aromatic heterocycles. The summed E-state index contributed by atoms with van der Waals surface area (Å²) in [5.41, 5.74) is 1.04. The van der Waals surface area contributed by atoms with Gasteiger partial charge in [0.15, 0.2) is 0 Å². The fourth-order valence-electron chi connectivity index (χ4n) is 3.22. The summed E-state index contributed by atoms with van der Waals surface area (Å²) in [5.74, 6) is 0.481. The molecule has 1 saturated heterocycles. The molecule has 2 amide bonds. The molecule has 0 unspecified atom stereocenters. The standard InChI is InChI=1S/C21H25N3O3/c1-21(2,3)27-20(26)24(17-8-5-4-6-9-17)19-12-11-16(14-22-19)18-10-7-13-23(18)15-25/h4-6,8-9,11-12,14-15,18H,7,10,13H2,1-3H3/t18-/m0/s1. The highest BCUT2D eigenvalue weighted by molar-refractivity contribution is 5.95. The molecule has 1 aromatic carbocycles. The Bertz CT molecular complexity index is 785. The predicted octanol–water partition coefficient (Wildman–Crippen LogP) is 4.45. The molecule has 0 radical (unpaired) electrons. The Morgan fingerprint density at radius 3 is 2.56 bits per heavy atom. The zero-order valence-corrected chi connectivity index (χ0v) is 16.0. The number of aromatic nitrogens is 1. The van der Waals surface area contributed by atoms with Crippen LogP contribution in [0.15, 0.2) is 48.7 Å². The molecule has 1 atom stereocenters. The largest absolute Gasteiger partial charge is 0.443 e. The Labute approximate surface area is 159 Å². The molecular weight excluding hydrogens is 342 g/mol. The average Bonchev–Trinajstić information content (AvgIpc) is 3.11. The van der Waals surface area contributed by atoms with Gasteiger partial charge >= 0.3 is 6.09 Å². The number of hydrogen-bond donors (Lipinski definition) is 0. The van der Waals surface area contributed by atoms with Crippen molar-refractivity contribution in [3.8, 4) is 0 Å². The SMILES string of the molecule is CC(C)(C)OC(=O)N(c1ccccc1)c1ccc([C@@H]2CCCN2C=O)cn1. The molecule has 6 nitrogen and oxygen atoms in total. The van der Waals surface area contributed by atoms with E-state index >= 15 is 0 Å². The van der Waals surface area contributed by atoms with Crippen LogP contribution < -0.4 is 4.90 Å². The van der Waals surface area contributed by atoms with E-state index < -0.39 is 11.7 Å². The Hall–Kier alpha value is -2.89. The van der Waals surface area contributed by atoms with Crippen molar-refractivity contribution in [2.75, 3.05) is 11.4 Å². The molecule has 0 aliphatic carbocycles. The molecule has 2 aromatic rings. The first-order valence-electron chi connectivity index (χ1n) is 9.14. The van der Waals surface area contributed by atoms with Crippen LogP contribution >= 0.6 is 0 Å². The number of carbonyl (C=O) groups is 2. The summed E-state index contributed by atoms with van der Waals surface area (Å²) < 4.78 is 5.57. The second-order valence-corrected chi connectivity index (χ2v) is 7.60. The first-order valence-corrected chi connectivity index (χ1v) is 9.14. The van der Waals surface area contributed by atoms with E-state index in [0.29, 0.717) is 11.5 Å². The topological polar surface area (TPSA) is 62.7 Å². The first-order chi connectivity index (χ1) is 12.9. The van der Waals surface area contributed by atoms with Crippen LogP contribution in [0.5, 0.6) is 0 Å². The molecule has 27 heavy (non-hydrogen) atoms. The monoisotopic (exact) mass is 367 g/mol. The Morgan fingerprint density at radius 2 is 1.96 bits per heavy atom. The molecule has 1 fully saturated rings. The lowest BCUT2D eigenvalue weighted by Gasteiger charge is -2.27. The van der Waals surface area contributed by atoms with E-state index in [9.17, 15) is 9.59 Å². The van der Waals surface area contributed by atoms with Gasteiger partial charge in [0.25, 0.3) is 0 Å². The number of pyridine rings is 1. The molecule has 3 rings (SSSR count). The second kappa shape index (κ2) is 7.78. The molecule has 0 saturated carbocycles. The van der Waals surface area contributed by atoms with Gasteiger partial charge in [0.2, 0.25) is 6.41 Å². The molecule has 6 heteroatoms. The molecule has 2 heterocycles. The van der Waals surface area contributed by atoms with Crippen LogP contribution in [-0.2, 0) is 9.53 Å². The summed E-state index contributed by atoms with van der Waals surface area (Å²) in [7, 11) is 0. The molecule has 0 bridgehead atoms. The maximum atomic E-state index is 12.8. The van der Waals surface area contributed by atoms with Crippen molar-refractivity contribution >= 4 is 24.0 Å². The maximum Gasteiger partial charge on any atom is 0.420 e. The van der Waals surface area contributed by atoms with Gasteiger partial charge in [-0.05, 0) is 57.4 Å². The highest BCUT2D eigenvalue weighted by Gasteiger charge is 2.28. The van der Waals surface area contributed by atoms with Gasteiger partial charge in [-0.25, -0.2) is 14.7 Å². The molecule has 0 spiro atoms. The van der Waals surface area contributed by atoms with E-state index in [0.717, 1.165) is 31.4 Å². The maximum absolute atomic E-state index is 12.8. The van der Waals surface area contributed by atoms with Gasteiger partial charge < -0.3 is 9.64 Å². The van der Waals surface area contributed by atoms with Crippen molar-refractivity contribution < 1.29 is 14.3 Å². The molecule has 142 valence electrons. The summed E-state index contributed by atoms with van der Waals surface area (Å²) in [6.45, 7) is 6.26. The summed E-state index contributed by atoms with van der Waals surface area (Å²) in [5, 5.41) is 0. The van der Waals surface area contributed by atoms with Crippen LogP contribution in [0.4, 0.5) is 16.3 Å². The Balaban J connectivity index is 1.90. The predicted molar refractivity (Wildman–Crippen MR) is 104 cm³/mol. The number of anilines is 2. The fourth-order valence-corrected chi connectivity index (χ4v) is 3.22. The number of carbonyl (C=O) groups excluding carboxylic acids is 2. The first kappa shape index (κ1) is 18.9. The quantitative estimate of drug-likeness (QED) is 0.749. The minimum Gasteiger partial charge on any atom is -0.443 e. The lowest BCUT2D eigenvalue weighted by molar-refractivity contribution is -0.118. The summed E-state index contributed by atoms with van der Waals surface area (Å²) in [6, 6.07) is 13.1. The van der Waals surface area contributed by atoms with Gasteiger partial charge in [0, 0.05) is 12.7 Å². The Kier molecular flexibility index (Phi) is 5.44. The lowest BCUT2D eigenvalue weighted by Crippen LogP contribution is -2.34. The second-order valence-electron chi connectivity index (χ2n) is 7.60. The van der Waals surface area contributed by atoms with Crippen LogP contribution in [0.3, 0.4) is 0 Å². The summed E-state index contributed by atoms with van der Waals surface area (Å²) >= 11 is 0. The smallest absolute Gasteiger partial charge is 0.420 e. The average molecular weight is 367 g/mol. The zero-order chi connectivity index (χ0) is 19.4. The lowest BCUT2D eigenvalue weighted by atomic mass is 10.1. The number of rotatable bonds is 4. The molecule has 1 aliphatic heterocycles. The number of likely N-dealkylation sites (tertiary alicyclic amines) is 1. The van der Waals surface area contributed by atoms with Gasteiger partial charge in [-0.2, -0.15) is 0 Å². The number of amides is 2. The van der Waals surface area contributed by atoms with Gasteiger partial charge in [-0.15, -0.1) is 0 Å². The number of benzene rings is 1. The van der Waals surface area contributed by atoms with Crippen molar-refractivity contribution in [1.82, 2.24) is 9.88 Å². The van der Waals surface area contributed by atoms with Crippen molar-refractivity contribution in [1.29, 1.82) is 0 Å². The number of hydrogen-bond acceptors (Lipinski definition) is 4. The van der Waals surface area contributed by atoms with Gasteiger partial charge in [-0.1, -0.05) is 24.3 Å². The fraction of sp³-hybridized carbons (Fsp3) is 0.381. The third-order valence-corrected chi connectivity index (χ3v) is 4.40. The van der Waals surface area contributed by atoms with Crippen LogP contribution in [0.25, 0.3) is 0 Å². The van der Waals surface area contributed by atoms with Crippen molar-refractivity contribution in [3.05, 3.63) is 54.2 Å². The minimum absolute atomic E-state index is 0.0516. The van der Waals surface area contributed by atoms with E-state index in [1.54, 1.807) is 17.2 Å². The van der Waals surface area contributed by atoms with E-state index in [1.165, 1.54) is 4.90 Å². The minimum atomic E-state index is -0.613. The molecule has 0 N–H and O–H groups in total. The molecular formula is C21H25N3O3. The number of ether oxygens (including phenoxy) is 1. The van der Waals surface area contributed by atoms with E-state index in [1.807, 2.05) is 57.2 Å². The third-order valence-electron chi connectivity index (χ3n) is 4.40. The van der Waals surface area contributed by atoms with E-state index in [4.69, 9.17) is 4.74 Å². The normalized spacial score (nSPS) is 16.9. The highest BCUT2D eigenvalue weighted by atomic mass is 16.6. The van der Waals surface area contributed by atoms with Gasteiger partial charge in [0.05, 0.1) is 11.7 Å². The van der Waals surface area contributed by atoms with E-state index in [2.05, 4.69) is 4.98 Å². The van der Waals surface area contributed by atoms with E-state index in [-0.39, 0.29) is 6.04 Å². The number of para-hydroxylation sites is 1. The summed E-state index contributed by atoms with van der Waals surface area (Å²) in [6.07, 6.45) is 4.06. The van der Waals surface area contributed by atoms with Crippen LogP contribution in [-0.4, -0.2) is 34.5 Å². The summed E-state index contributed by atoms with van der Waals surface area (Å²) in [4.78, 5) is 31.8. The molecule has 1 aliphatic rings. The third kappa shape index (κ3) is 4.45. The van der Waals surface area contributed by atoms with Crippen molar-refractivity contribution in [2.24, 2.45) is 0 Å². The van der Waals surface area contributed by atoms with Crippen LogP contribution in [0, 0.1) is 0 Å². The van der Waals surface area contributed by atoms with Crippen LogP contribution in [0.2, 0.25) is 0 Å². The van der Waals surface area contributed by atoms with Crippen LogP contribution in [0.1, 0.15) is 45.2 Å². The Morgan fingerprint density at radius 1 is 1.22 bits per heavy atom. The van der Waals surface area contributed by atoms with Gasteiger partial charge in [-0.3, -0.25) is 4.79 Å². The van der Waals surface area contributed by atoms with Crippen molar-refractivity contribution in [3.63, 3.8) is 0 Å². The van der Waals surface area contributed by atoms with Gasteiger partial charge in [0.1, 0.15) is 11.4 Å². The highest BCUT2D eigenvalue weighted by Crippen LogP contribution is 2.32. The van der Waals surface area contributed by atoms with Crippen molar-refractivity contribution in [2.45, 2.75) is 45.3 Å². The zero-order valence-electron chi connectivity index (χ0n) is 16.0.